The topological polar surface area (TPSA) is 29.1 Å². The van der Waals surface area contributed by atoms with Crippen molar-refractivity contribution in [3.8, 4) is 0 Å². The van der Waals surface area contributed by atoms with Gasteiger partial charge in [0.2, 0.25) is 0 Å². The second-order valence-electron chi connectivity index (χ2n) is 3.98. The highest BCUT2D eigenvalue weighted by molar-refractivity contribution is 9.10. The molecule has 0 aliphatic rings. The molecule has 4 heteroatoms. The summed E-state index contributed by atoms with van der Waals surface area (Å²) in [6.07, 6.45) is 0. The standard InChI is InChI=1S/C14H11BrFNO/c1-9-6-10(8-12(16)7-9)14(18)17-13-4-2-11(15)3-5-13/h2-8H,1H3,(H,17,18). The minimum Gasteiger partial charge on any atom is -0.322 e. The number of amides is 1. The minimum absolute atomic E-state index is 0.315. The Kier molecular flexibility index (Phi) is 3.77. The van der Waals surface area contributed by atoms with Crippen molar-refractivity contribution >= 4 is 27.5 Å². The number of hydrogen-bond donors (Lipinski definition) is 1. The van der Waals surface area contributed by atoms with Gasteiger partial charge < -0.3 is 5.32 Å². The van der Waals surface area contributed by atoms with Gasteiger partial charge in [-0.05, 0) is 55.0 Å². The first kappa shape index (κ1) is 12.8. The van der Waals surface area contributed by atoms with Gasteiger partial charge in [0.15, 0.2) is 0 Å². The summed E-state index contributed by atoms with van der Waals surface area (Å²) in [5, 5.41) is 2.71. The lowest BCUT2D eigenvalue weighted by Crippen LogP contribution is -2.12. The van der Waals surface area contributed by atoms with E-state index in [4.69, 9.17) is 0 Å². The average molecular weight is 308 g/mol. The van der Waals surface area contributed by atoms with E-state index in [-0.39, 0.29) is 5.91 Å². The second-order valence-corrected chi connectivity index (χ2v) is 4.89. The fourth-order valence-corrected chi connectivity index (χ4v) is 1.87. The van der Waals surface area contributed by atoms with Crippen LogP contribution in [0.4, 0.5) is 10.1 Å². The third-order valence-corrected chi connectivity index (χ3v) is 2.94. The normalized spacial score (nSPS) is 10.2. The van der Waals surface area contributed by atoms with Crippen LogP contribution in [0.5, 0.6) is 0 Å². The molecule has 2 aromatic rings. The number of nitrogens with one attached hydrogen (secondary N) is 1. The van der Waals surface area contributed by atoms with Crippen molar-refractivity contribution in [3.63, 3.8) is 0 Å². The van der Waals surface area contributed by atoms with E-state index in [9.17, 15) is 9.18 Å². The highest BCUT2D eigenvalue weighted by atomic mass is 79.9. The molecular formula is C14H11BrFNO. The van der Waals surface area contributed by atoms with E-state index < -0.39 is 5.82 Å². The maximum absolute atomic E-state index is 13.2. The predicted octanol–water partition coefficient (Wildman–Crippen LogP) is 4.15. The van der Waals surface area contributed by atoms with Gasteiger partial charge in [0.1, 0.15) is 5.82 Å². The summed E-state index contributed by atoms with van der Waals surface area (Å²) >= 11 is 3.31. The molecule has 0 saturated carbocycles. The number of anilines is 1. The Morgan fingerprint density at radius 2 is 1.83 bits per heavy atom. The molecule has 2 nitrogen and oxygen atoms in total. The van der Waals surface area contributed by atoms with Gasteiger partial charge in [-0.2, -0.15) is 0 Å². The van der Waals surface area contributed by atoms with Gasteiger partial charge in [0.05, 0.1) is 0 Å². The first-order chi connectivity index (χ1) is 8.54. The van der Waals surface area contributed by atoms with Crippen molar-refractivity contribution in [1.29, 1.82) is 0 Å². The first-order valence-corrected chi connectivity index (χ1v) is 6.18. The summed E-state index contributed by atoms with van der Waals surface area (Å²) in [7, 11) is 0. The lowest BCUT2D eigenvalue weighted by Gasteiger charge is -2.06. The SMILES string of the molecule is Cc1cc(F)cc(C(=O)Nc2ccc(Br)cc2)c1. The Labute approximate surface area is 113 Å². The highest BCUT2D eigenvalue weighted by Crippen LogP contribution is 2.16. The van der Waals surface area contributed by atoms with E-state index in [1.165, 1.54) is 12.1 Å². The maximum atomic E-state index is 13.2. The summed E-state index contributed by atoms with van der Waals surface area (Å²) in [5.74, 6) is -0.726. The Hall–Kier alpha value is -1.68. The summed E-state index contributed by atoms with van der Waals surface area (Å²) < 4.78 is 14.1. The molecule has 0 bridgehead atoms. The molecule has 0 aliphatic heterocycles. The van der Waals surface area contributed by atoms with Crippen molar-refractivity contribution in [3.05, 3.63) is 63.9 Å². The van der Waals surface area contributed by atoms with Crippen LogP contribution in [-0.4, -0.2) is 5.91 Å². The first-order valence-electron chi connectivity index (χ1n) is 5.39. The average Bonchev–Trinajstić information content (AvgIpc) is 2.31. The second kappa shape index (κ2) is 5.31. The summed E-state index contributed by atoms with van der Waals surface area (Å²) in [6, 6.07) is 11.5. The number of hydrogen-bond acceptors (Lipinski definition) is 1. The Bertz CT molecular complexity index is 561. The summed E-state index contributed by atoms with van der Waals surface area (Å²) in [6.45, 7) is 1.75. The Balaban J connectivity index is 2.19. The van der Waals surface area contributed by atoms with Crippen LogP contribution in [0.3, 0.4) is 0 Å². The number of aryl methyl sites for hydroxylation is 1. The van der Waals surface area contributed by atoms with E-state index in [0.29, 0.717) is 11.3 Å². The largest absolute Gasteiger partial charge is 0.322 e. The van der Waals surface area contributed by atoms with E-state index in [0.717, 1.165) is 10.0 Å². The molecule has 0 spiro atoms. The van der Waals surface area contributed by atoms with Gasteiger partial charge in [-0.1, -0.05) is 15.9 Å². The van der Waals surface area contributed by atoms with Gasteiger partial charge >= 0.3 is 0 Å². The van der Waals surface area contributed by atoms with E-state index in [2.05, 4.69) is 21.2 Å². The molecule has 0 unspecified atom stereocenters. The molecule has 18 heavy (non-hydrogen) atoms. The van der Waals surface area contributed by atoms with Crippen LogP contribution < -0.4 is 5.32 Å². The predicted molar refractivity (Wildman–Crippen MR) is 73.2 cm³/mol. The van der Waals surface area contributed by atoms with Gasteiger partial charge in [-0.3, -0.25) is 4.79 Å². The fraction of sp³-hybridized carbons (Fsp3) is 0.0714. The number of rotatable bonds is 2. The van der Waals surface area contributed by atoms with Crippen molar-refractivity contribution in [2.45, 2.75) is 6.92 Å². The zero-order valence-electron chi connectivity index (χ0n) is 9.71. The number of carbonyl (C=O) groups excluding carboxylic acids is 1. The van der Waals surface area contributed by atoms with Gasteiger partial charge in [0, 0.05) is 15.7 Å². The smallest absolute Gasteiger partial charge is 0.255 e. The molecule has 0 saturated heterocycles. The molecular weight excluding hydrogens is 297 g/mol. The number of benzene rings is 2. The lowest BCUT2D eigenvalue weighted by molar-refractivity contribution is 0.102. The van der Waals surface area contributed by atoms with Crippen LogP contribution in [0.15, 0.2) is 46.9 Å². The molecule has 92 valence electrons. The highest BCUT2D eigenvalue weighted by Gasteiger charge is 2.08. The Morgan fingerprint density at radius 3 is 2.44 bits per heavy atom. The Morgan fingerprint density at radius 1 is 1.17 bits per heavy atom. The molecule has 2 aromatic carbocycles. The molecule has 0 heterocycles. The molecule has 0 aromatic heterocycles. The third kappa shape index (κ3) is 3.17. The zero-order valence-corrected chi connectivity index (χ0v) is 11.3. The molecule has 0 radical (unpaired) electrons. The van der Waals surface area contributed by atoms with Crippen LogP contribution >= 0.6 is 15.9 Å². The van der Waals surface area contributed by atoms with Crippen LogP contribution in [-0.2, 0) is 0 Å². The van der Waals surface area contributed by atoms with Crippen molar-refractivity contribution in [2.24, 2.45) is 0 Å². The number of carbonyl (C=O) groups is 1. The van der Waals surface area contributed by atoms with Crippen molar-refractivity contribution < 1.29 is 9.18 Å². The summed E-state index contributed by atoms with van der Waals surface area (Å²) in [5.41, 5.74) is 1.71. The number of halogens is 2. The molecule has 0 atom stereocenters. The van der Waals surface area contributed by atoms with Crippen LogP contribution in [0.1, 0.15) is 15.9 Å². The fourth-order valence-electron chi connectivity index (χ4n) is 1.60. The van der Waals surface area contributed by atoms with E-state index in [1.807, 2.05) is 12.1 Å². The van der Waals surface area contributed by atoms with Gasteiger partial charge in [-0.25, -0.2) is 4.39 Å². The molecule has 1 amide bonds. The maximum Gasteiger partial charge on any atom is 0.255 e. The van der Waals surface area contributed by atoms with E-state index >= 15 is 0 Å². The molecule has 1 N–H and O–H groups in total. The van der Waals surface area contributed by atoms with Gasteiger partial charge in [-0.15, -0.1) is 0 Å². The summed E-state index contributed by atoms with van der Waals surface area (Å²) in [4.78, 5) is 11.9. The minimum atomic E-state index is -0.407. The van der Waals surface area contributed by atoms with Crippen molar-refractivity contribution in [1.82, 2.24) is 0 Å². The third-order valence-electron chi connectivity index (χ3n) is 2.41. The van der Waals surface area contributed by atoms with Crippen molar-refractivity contribution in [2.75, 3.05) is 5.32 Å². The van der Waals surface area contributed by atoms with Crippen LogP contribution in [0, 0.1) is 12.7 Å². The lowest BCUT2D eigenvalue weighted by atomic mass is 10.1. The van der Waals surface area contributed by atoms with Crippen LogP contribution in [0.2, 0.25) is 0 Å². The molecule has 0 aliphatic carbocycles. The zero-order chi connectivity index (χ0) is 13.1. The quantitative estimate of drug-likeness (QED) is 0.887. The van der Waals surface area contributed by atoms with E-state index in [1.54, 1.807) is 25.1 Å². The monoisotopic (exact) mass is 307 g/mol. The molecule has 0 fully saturated rings. The van der Waals surface area contributed by atoms with Crippen LogP contribution in [0.25, 0.3) is 0 Å². The molecule has 2 rings (SSSR count). The van der Waals surface area contributed by atoms with Gasteiger partial charge in [0.25, 0.3) is 5.91 Å².